The molecule has 1 aromatic carbocycles. The number of nitrogens with zero attached hydrogens (tertiary/aromatic N) is 3. The quantitative estimate of drug-likeness (QED) is 0.357. The van der Waals surface area contributed by atoms with E-state index in [9.17, 15) is 0 Å². The molecule has 0 saturated carbocycles. The highest BCUT2D eigenvalue weighted by molar-refractivity contribution is 5.79. The normalized spacial score (nSPS) is 19.1. The van der Waals surface area contributed by atoms with Crippen LogP contribution in [0.15, 0.2) is 35.3 Å². The third-order valence-corrected chi connectivity index (χ3v) is 5.75. The zero-order valence-corrected chi connectivity index (χ0v) is 18.4. The summed E-state index contributed by atoms with van der Waals surface area (Å²) in [4.78, 5) is 9.26. The van der Waals surface area contributed by atoms with E-state index in [1.807, 2.05) is 37.4 Å². The molecule has 168 valence electrons. The topological polar surface area (TPSA) is 58.6 Å². The van der Waals surface area contributed by atoms with Gasteiger partial charge in [0.05, 0.1) is 0 Å². The zero-order chi connectivity index (χ0) is 20.9. The molecular formula is C23H38N4O3. The average Bonchev–Trinajstić information content (AvgIpc) is 2.81. The van der Waals surface area contributed by atoms with E-state index in [0.717, 1.165) is 103 Å². The number of rotatable bonds is 10. The number of hydrogen-bond acceptors (Lipinski definition) is 5. The van der Waals surface area contributed by atoms with Crippen LogP contribution in [0, 0.1) is 5.92 Å². The predicted molar refractivity (Wildman–Crippen MR) is 120 cm³/mol. The molecule has 30 heavy (non-hydrogen) atoms. The molecule has 0 spiro atoms. The van der Waals surface area contributed by atoms with Gasteiger partial charge in [0.25, 0.3) is 0 Å². The van der Waals surface area contributed by atoms with Crippen molar-refractivity contribution in [3.63, 3.8) is 0 Å². The highest BCUT2D eigenvalue weighted by Crippen LogP contribution is 2.14. The number of aliphatic imine (C=N–C) groups is 1. The minimum absolute atomic E-state index is 0.675. The molecule has 2 aliphatic rings. The van der Waals surface area contributed by atoms with Crippen LogP contribution in [0.4, 0.5) is 0 Å². The second kappa shape index (κ2) is 13.5. The Bertz CT molecular complexity index is 600. The van der Waals surface area contributed by atoms with E-state index >= 15 is 0 Å². The van der Waals surface area contributed by atoms with Crippen molar-refractivity contribution in [2.75, 3.05) is 79.4 Å². The van der Waals surface area contributed by atoms with Crippen molar-refractivity contribution >= 4 is 5.96 Å². The van der Waals surface area contributed by atoms with Crippen molar-refractivity contribution in [3.8, 4) is 5.75 Å². The zero-order valence-electron chi connectivity index (χ0n) is 18.4. The van der Waals surface area contributed by atoms with Crippen LogP contribution in [-0.2, 0) is 9.47 Å². The lowest BCUT2D eigenvalue weighted by Gasteiger charge is -2.36. The van der Waals surface area contributed by atoms with Gasteiger partial charge in [0.1, 0.15) is 12.4 Å². The maximum atomic E-state index is 5.85. The molecule has 2 fully saturated rings. The fraction of sp³-hybridized carbons (Fsp3) is 0.696. The summed E-state index contributed by atoms with van der Waals surface area (Å²) in [6.07, 6.45) is 3.27. The number of guanidine groups is 1. The largest absolute Gasteiger partial charge is 0.492 e. The molecule has 0 unspecified atom stereocenters. The number of hydrogen-bond donors (Lipinski definition) is 1. The monoisotopic (exact) mass is 418 g/mol. The average molecular weight is 419 g/mol. The van der Waals surface area contributed by atoms with Crippen LogP contribution < -0.4 is 10.1 Å². The Hall–Kier alpha value is -1.83. The lowest BCUT2D eigenvalue weighted by atomic mass is 10.0. The number of ether oxygens (including phenoxy) is 3. The molecule has 0 radical (unpaired) electrons. The van der Waals surface area contributed by atoms with E-state index in [-0.39, 0.29) is 0 Å². The van der Waals surface area contributed by atoms with E-state index in [0.29, 0.717) is 5.92 Å². The summed E-state index contributed by atoms with van der Waals surface area (Å²) in [5, 5.41) is 3.49. The first-order valence-corrected chi connectivity index (χ1v) is 11.4. The van der Waals surface area contributed by atoms with Crippen molar-refractivity contribution in [1.29, 1.82) is 0 Å². The van der Waals surface area contributed by atoms with Gasteiger partial charge in [-0.15, -0.1) is 0 Å². The second-order valence-electron chi connectivity index (χ2n) is 7.95. The Kier molecular flexibility index (Phi) is 10.3. The Morgan fingerprint density at radius 2 is 1.87 bits per heavy atom. The first kappa shape index (κ1) is 22.8. The summed E-state index contributed by atoms with van der Waals surface area (Å²) in [7, 11) is 1.87. The van der Waals surface area contributed by atoms with Gasteiger partial charge in [-0.3, -0.25) is 9.89 Å². The first-order valence-electron chi connectivity index (χ1n) is 11.4. The second-order valence-corrected chi connectivity index (χ2v) is 7.95. The summed E-state index contributed by atoms with van der Waals surface area (Å²) in [6, 6.07) is 10.0. The Morgan fingerprint density at radius 1 is 1.10 bits per heavy atom. The van der Waals surface area contributed by atoms with Crippen LogP contribution in [-0.4, -0.2) is 95.1 Å². The maximum absolute atomic E-state index is 5.85. The fourth-order valence-corrected chi connectivity index (χ4v) is 3.86. The summed E-state index contributed by atoms with van der Waals surface area (Å²) in [6.45, 7) is 10.1. The van der Waals surface area contributed by atoms with Crippen molar-refractivity contribution in [3.05, 3.63) is 30.3 Å². The van der Waals surface area contributed by atoms with Crippen molar-refractivity contribution in [2.45, 2.75) is 19.3 Å². The van der Waals surface area contributed by atoms with Gasteiger partial charge in [-0.1, -0.05) is 18.2 Å². The van der Waals surface area contributed by atoms with Gasteiger partial charge in [-0.05, 0) is 37.3 Å². The third-order valence-electron chi connectivity index (χ3n) is 5.75. The van der Waals surface area contributed by atoms with Gasteiger partial charge < -0.3 is 24.4 Å². The van der Waals surface area contributed by atoms with E-state index in [2.05, 4.69) is 20.1 Å². The Labute approximate surface area is 181 Å². The number of nitrogens with one attached hydrogen (secondary N) is 1. The van der Waals surface area contributed by atoms with Crippen LogP contribution in [0.3, 0.4) is 0 Å². The molecule has 0 aliphatic carbocycles. The predicted octanol–water partition coefficient (Wildman–Crippen LogP) is 2.09. The number of benzene rings is 1. The van der Waals surface area contributed by atoms with Crippen molar-refractivity contribution in [1.82, 2.24) is 15.1 Å². The van der Waals surface area contributed by atoms with Crippen molar-refractivity contribution < 1.29 is 14.2 Å². The molecule has 0 amide bonds. The summed E-state index contributed by atoms with van der Waals surface area (Å²) in [5.41, 5.74) is 0. The molecule has 3 rings (SSSR count). The molecule has 1 N–H and O–H groups in total. The first-order chi connectivity index (χ1) is 14.8. The molecule has 2 saturated heterocycles. The molecule has 0 aromatic heterocycles. The third kappa shape index (κ3) is 8.13. The summed E-state index contributed by atoms with van der Waals surface area (Å²) >= 11 is 0. The minimum Gasteiger partial charge on any atom is -0.492 e. The van der Waals surface area contributed by atoms with Gasteiger partial charge in [0, 0.05) is 72.7 Å². The van der Waals surface area contributed by atoms with E-state index in [1.54, 1.807) is 0 Å². The molecule has 0 atom stereocenters. The van der Waals surface area contributed by atoms with E-state index in [4.69, 9.17) is 14.2 Å². The minimum atomic E-state index is 0.675. The van der Waals surface area contributed by atoms with Crippen LogP contribution in [0.25, 0.3) is 0 Å². The van der Waals surface area contributed by atoms with E-state index in [1.165, 1.54) is 0 Å². The summed E-state index contributed by atoms with van der Waals surface area (Å²) in [5.74, 6) is 2.62. The highest BCUT2D eigenvalue weighted by Gasteiger charge is 2.19. The smallest absolute Gasteiger partial charge is 0.193 e. The van der Waals surface area contributed by atoms with Gasteiger partial charge in [0.2, 0.25) is 0 Å². The van der Waals surface area contributed by atoms with Gasteiger partial charge >= 0.3 is 0 Å². The molecular weight excluding hydrogens is 380 g/mol. The lowest BCUT2D eigenvalue weighted by Crippen LogP contribution is -2.53. The Balaban J connectivity index is 1.23. The van der Waals surface area contributed by atoms with Gasteiger partial charge in [-0.2, -0.15) is 0 Å². The van der Waals surface area contributed by atoms with Crippen LogP contribution in [0.2, 0.25) is 0 Å². The van der Waals surface area contributed by atoms with Crippen molar-refractivity contribution in [2.24, 2.45) is 10.9 Å². The molecule has 2 heterocycles. The fourth-order valence-electron chi connectivity index (χ4n) is 3.86. The lowest BCUT2D eigenvalue weighted by molar-refractivity contribution is 0.0203. The number of para-hydroxylation sites is 1. The van der Waals surface area contributed by atoms with Gasteiger partial charge in [0.15, 0.2) is 5.96 Å². The Morgan fingerprint density at radius 3 is 2.60 bits per heavy atom. The van der Waals surface area contributed by atoms with Crippen LogP contribution in [0.5, 0.6) is 5.75 Å². The number of piperazine rings is 1. The van der Waals surface area contributed by atoms with Crippen LogP contribution >= 0.6 is 0 Å². The highest BCUT2D eigenvalue weighted by atomic mass is 16.5. The molecule has 1 aromatic rings. The molecule has 0 bridgehead atoms. The molecule has 7 nitrogen and oxygen atoms in total. The SMILES string of the molecule is CN=C(NCCCOCC1CCOCC1)N1CCN(CCOc2ccccc2)CC1. The van der Waals surface area contributed by atoms with E-state index < -0.39 is 0 Å². The summed E-state index contributed by atoms with van der Waals surface area (Å²) < 4.78 is 17.1. The molecule has 7 heteroatoms. The molecule has 2 aliphatic heterocycles. The van der Waals surface area contributed by atoms with Gasteiger partial charge in [-0.25, -0.2) is 0 Å². The maximum Gasteiger partial charge on any atom is 0.193 e. The van der Waals surface area contributed by atoms with Crippen LogP contribution in [0.1, 0.15) is 19.3 Å². The standard InChI is InChI=1S/C23H38N4O3/c1-24-23(25-10-5-16-29-20-21-8-17-28-18-9-21)27-13-11-26(12-14-27)15-19-30-22-6-3-2-4-7-22/h2-4,6-7,21H,5,8-20H2,1H3,(H,24,25).